The first-order valence-electron chi connectivity index (χ1n) is 11.1. The van der Waals surface area contributed by atoms with Crippen molar-refractivity contribution in [1.82, 2.24) is 14.1 Å². The molecular formula is C24H28FN7O3. The van der Waals surface area contributed by atoms with Crippen LogP contribution >= 0.6 is 0 Å². The number of nitriles is 1. The standard InChI is InChI=1S/C24H28FN7O3/c1-5-6-11-31-21(27)20(23(34)29-24(31)35)30(4)13-19(33)28-22-18(12-26)14(2)15(3)32(22)17-9-7-16(25)8-10-17/h7-10H,5-6,11,13,27H2,1-4H3,(H,28,33)(H,29,34,35). The summed E-state index contributed by atoms with van der Waals surface area (Å²) in [4.78, 5) is 41.3. The number of aromatic nitrogens is 3. The minimum Gasteiger partial charge on any atom is -0.383 e. The zero-order chi connectivity index (χ0) is 25.9. The molecule has 10 nitrogen and oxygen atoms in total. The van der Waals surface area contributed by atoms with E-state index in [1.54, 1.807) is 30.5 Å². The predicted octanol–water partition coefficient (Wildman–Crippen LogP) is 2.41. The van der Waals surface area contributed by atoms with Crippen molar-refractivity contribution in [2.45, 2.75) is 40.2 Å². The zero-order valence-electron chi connectivity index (χ0n) is 20.1. The lowest BCUT2D eigenvalue weighted by atomic mass is 10.2. The van der Waals surface area contributed by atoms with Crippen molar-refractivity contribution in [1.29, 1.82) is 5.26 Å². The molecule has 1 aromatic carbocycles. The lowest BCUT2D eigenvalue weighted by molar-refractivity contribution is -0.115. The Labute approximate surface area is 201 Å². The first-order chi connectivity index (χ1) is 16.6. The minimum absolute atomic E-state index is 0.00219. The summed E-state index contributed by atoms with van der Waals surface area (Å²) in [6, 6.07) is 7.78. The fraction of sp³-hybridized carbons (Fsp3) is 0.333. The molecule has 2 aromatic heterocycles. The van der Waals surface area contributed by atoms with Gasteiger partial charge in [-0.15, -0.1) is 0 Å². The van der Waals surface area contributed by atoms with E-state index in [1.807, 2.05) is 6.92 Å². The van der Waals surface area contributed by atoms with Crippen molar-refractivity contribution in [2.24, 2.45) is 0 Å². The van der Waals surface area contributed by atoms with Gasteiger partial charge in [-0.3, -0.25) is 23.7 Å². The van der Waals surface area contributed by atoms with Crippen LogP contribution in [-0.2, 0) is 11.3 Å². The molecule has 0 radical (unpaired) electrons. The number of nitrogens with two attached hydrogens (primary N) is 1. The number of benzene rings is 1. The van der Waals surface area contributed by atoms with Crippen LogP contribution in [0.4, 0.5) is 21.7 Å². The van der Waals surface area contributed by atoms with Gasteiger partial charge in [0.25, 0.3) is 5.56 Å². The fourth-order valence-corrected chi connectivity index (χ4v) is 3.92. The van der Waals surface area contributed by atoms with Crippen molar-refractivity contribution in [3.8, 4) is 11.8 Å². The molecule has 3 rings (SSSR count). The van der Waals surface area contributed by atoms with Crippen molar-refractivity contribution in [3.63, 3.8) is 0 Å². The molecule has 3 aromatic rings. The van der Waals surface area contributed by atoms with Gasteiger partial charge in [0, 0.05) is 25.0 Å². The number of nitrogens with zero attached hydrogens (tertiary/aromatic N) is 4. The summed E-state index contributed by atoms with van der Waals surface area (Å²) >= 11 is 0. The highest BCUT2D eigenvalue weighted by Crippen LogP contribution is 2.30. The summed E-state index contributed by atoms with van der Waals surface area (Å²) < 4.78 is 16.4. The predicted molar refractivity (Wildman–Crippen MR) is 132 cm³/mol. The van der Waals surface area contributed by atoms with E-state index in [1.165, 1.54) is 28.6 Å². The second-order valence-corrected chi connectivity index (χ2v) is 8.26. The van der Waals surface area contributed by atoms with Gasteiger partial charge >= 0.3 is 5.69 Å². The van der Waals surface area contributed by atoms with Crippen LogP contribution < -0.4 is 27.2 Å². The Morgan fingerprint density at radius 3 is 2.51 bits per heavy atom. The zero-order valence-corrected chi connectivity index (χ0v) is 20.1. The van der Waals surface area contributed by atoms with E-state index < -0.39 is 23.0 Å². The van der Waals surface area contributed by atoms with Gasteiger partial charge in [-0.2, -0.15) is 5.26 Å². The normalized spacial score (nSPS) is 10.7. The van der Waals surface area contributed by atoms with E-state index >= 15 is 0 Å². The third-order valence-electron chi connectivity index (χ3n) is 5.88. The Balaban J connectivity index is 1.94. The Kier molecular flexibility index (Phi) is 7.44. The number of aromatic amines is 1. The lowest BCUT2D eigenvalue weighted by Gasteiger charge is -2.22. The van der Waals surface area contributed by atoms with Gasteiger partial charge in [0.05, 0.1) is 12.1 Å². The summed E-state index contributed by atoms with van der Waals surface area (Å²) in [5.74, 6) is -0.718. The van der Waals surface area contributed by atoms with Gasteiger partial charge < -0.3 is 16.0 Å². The van der Waals surface area contributed by atoms with E-state index in [0.717, 1.165) is 6.42 Å². The highest BCUT2D eigenvalue weighted by molar-refractivity contribution is 5.95. The smallest absolute Gasteiger partial charge is 0.330 e. The second-order valence-electron chi connectivity index (χ2n) is 8.26. The van der Waals surface area contributed by atoms with Crippen molar-refractivity contribution in [3.05, 3.63) is 67.7 Å². The van der Waals surface area contributed by atoms with Crippen LogP contribution in [0.5, 0.6) is 0 Å². The Hall–Kier alpha value is -4.33. The fourth-order valence-electron chi connectivity index (χ4n) is 3.92. The number of amides is 1. The molecule has 1 amide bonds. The second kappa shape index (κ2) is 10.3. The van der Waals surface area contributed by atoms with Crippen molar-refractivity contribution < 1.29 is 9.18 Å². The molecule has 0 aliphatic heterocycles. The summed E-state index contributed by atoms with van der Waals surface area (Å²) in [5.41, 5.74) is 7.04. The molecule has 0 saturated carbocycles. The number of halogens is 1. The van der Waals surface area contributed by atoms with E-state index in [-0.39, 0.29) is 29.4 Å². The highest BCUT2D eigenvalue weighted by atomic mass is 19.1. The molecular weight excluding hydrogens is 453 g/mol. The van der Waals surface area contributed by atoms with E-state index in [9.17, 15) is 24.0 Å². The van der Waals surface area contributed by atoms with Crippen LogP contribution in [0, 0.1) is 31.0 Å². The monoisotopic (exact) mass is 481 g/mol. The molecule has 0 bridgehead atoms. The van der Waals surface area contributed by atoms with E-state index in [4.69, 9.17) is 5.73 Å². The number of anilines is 3. The largest absolute Gasteiger partial charge is 0.383 e. The molecule has 11 heteroatoms. The topological polar surface area (TPSA) is 142 Å². The number of likely N-dealkylation sites (N-methyl/N-ethyl adjacent to an activating group) is 1. The lowest BCUT2D eigenvalue weighted by Crippen LogP contribution is -2.39. The van der Waals surface area contributed by atoms with Gasteiger partial charge in [-0.05, 0) is 50.1 Å². The number of unbranched alkanes of at least 4 members (excludes halogenated alkanes) is 1. The van der Waals surface area contributed by atoms with Crippen molar-refractivity contribution >= 4 is 23.2 Å². The first kappa shape index (κ1) is 25.3. The molecule has 0 fully saturated rings. The Bertz CT molecular complexity index is 1410. The van der Waals surface area contributed by atoms with Gasteiger partial charge in [0.15, 0.2) is 0 Å². The van der Waals surface area contributed by atoms with Crippen LogP contribution in [0.2, 0.25) is 0 Å². The van der Waals surface area contributed by atoms with Gasteiger partial charge in [0.2, 0.25) is 5.91 Å². The average Bonchev–Trinajstić information content (AvgIpc) is 3.02. The van der Waals surface area contributed by atoms with Crippen LogP contribution in [0.25, 0.3) is 5.69 Å². The first-order valence-corrected chi connectivity index (χ1v) is 11.1. The third-order valence-corrected chi connectivity index (χ3v) is 5.88. The number of hydrogen-bond acceptors (Lipinski definition) is 6. The molecule has 4 N–H and O–H groups in total. The molecule has 0 atom stereocenters. The van der Waals surface area contributed by atoms with Gasteiger partial charge in [-0.25, -0.2) is 9.18 Å². The van der Waals surface area contributed by atoms with E-state index in [0.29, 0.717) is 29.9 Å². The Morgan fingerprint density at radius 1 is 1.26 bits per heavy atom. The number of carbonyl (C=O) groups excluding carboxylic acids is 1. The molecule has 0 spiro atoms. The van der Waals surface area contributed by atoms with Crippen molar-refractivity contribution in [2.75, 3.05) is 29.5 Å². The van der Waals surface area contributed by atoms with E-state index in [2.05, 4.69) is 16.4 Å². The van der Waals surface area contributed by atoms with Gasteiger partial charge in [-0.1, -0.05) is 13.3 Å². The minimum atomic E-state index is -0.699. The molecule has 2 heterocycles. The number of nitrogens with one attached hydrogen (secondary N) is 2. The van der Waals surface area contributed by atoms with Crippen LogP contribution in [0.3, 0.4) is 0 Å². The summed E-state index contributed by atoms with van der Waals surface area (Å²) in [6.07, 6.45) is 1.52. The Morgan fingerprint density at radius 2 is 1.91 bits per heavy atom. The SMILES string of the molecule is CCCCn1c(N)c(N(C)CC(=O)Nc2c(C#N)c(C)c(C)n2-c2ccc(F)cc2)c(=O)[nH]c1=O. The molecule has 0 saturated heterocycles. The summed E-state index contributed by atoms with van der Waals surface area (Å²) in [6.45, 7) is 5.57. The van der Waals surface area contributed by atoms with Crippen LogP contribution in [-0.4, -0.2) is 33.6 Å². The molecule has 184 valence electrons. The maximum atomic E-state index is 13.5. The molecule has 0 aliphatic carbocycles. The quantitative estimate of drug-likeness (QED) is 0.451. The van der Waals surface area contributed by atoms with Gasteiger partial charge in [0.1, 0.15) is 29.2 Å². The molecule has 0 aliphatic rings. The number of carbonyl (C=O) groups is 1. The third kappa shape index (κ3) is 4.96. The molecule has 0 unspecified atom stereocenters. The number of rotatable bonds is 8. The summed E-state index contributed by atoms with van der Waals surface area (Å²) in [7, 11) is 1.51. The maximum absolute atomic E-state index is 13.5. The maximum Gasteiger partial charge on any atom is 0.330 e. The van der Waals surface area contributed by atoms with Crippen LogP contribution in [0.1, 0.15) is 36.6 Å². The number of nitrogen functional groups attached to an aromatic ring is 1. The highest BCUT2D eigenvalue weighted by Gasteiger charge is 2.23. The number of hydrogen-bond donors (Lipinski definition) is 3. The summed E-state index contributed by atoms with van der Waals surface area (Å²) in [5, 5.41) is 12.5. The molecule has 35 heavy (non-hydrogen) atoms. The average molecular weight is 482 g/mol. The van der Waals surface area contributed by atoms with Crippen LogP contribution in [0.15, 0.2) is 33.9 Å². The number of H-pyrrole nitrogens is 1.